The summed E-state index contributed by atoms with van der Waals surface area (Å²) >= 11 is 1.49. The van der Waals surface area contributed by atoms with Crippen LogP contribution >= 0.6 is 11.8 Å². The van der Waals surface area contributed by atoms with Crippen molar-refractivity contribution in [1.29, 1.82) is 0 Å². The van der Waals surface area contributed by atoms with Gasteiger partial charge >= 0.3 is 0 Å². The third-order valence-corrected chi connectivity index (χ3v) is 6.38. The van der Waals surface area contributed by atoms with Gasteiger partial charge < -0.3 is 0 Å². The van der Waals surface area contributed by atoms with Gasteiger partial charge in [-0.3, -0.25) is 4.79 Å². The van der Waals surface area contributed by atoms with E-state index in [4.69, 9.17) is 4.98 Å². The van der Waals surface area contributed by atoms with Crippen LogP contribution in [0.4, 0.5) is 0 Å². The Morgan fingerprint density at radius 2 is 2.07 bits per heavy atom. The van der Waals surface area contributed by atoms with E-state index >= 15 is 0 Å². The minimum Gasteiger partial charge on any atom is -0.267 e. The van der Waals surface area contributed by atoms with E-state index in [1.165, 1.54) is 42.3 Å². The molecule has 1 saturated carbocycles. The van der Waals surface area contributed by atoms with Crippen LogP contribution in [0.5, 0.6) is 0 Å². The van der Waals surface area contributed by atoms with Crippen LogP contribution in [0.15, 0.2) is 28.3 Å². The zero-order valence-electron chi connectivity index (χ0n) is 15.7. The van der Waals surface area contributed by atoms with Crippen LogP contribution in [0.25, 0.3) is 16.9 Å². The summed E-state index contributed by atoms with van der Waals surface area (Å²) in [7, 11) is 0. The summed E-state index contributed by atoms with van der Waals surface area (Å²) < 4.78 is 3.76. The van der Waals surface area contributed by atoms with Gasteiger partial charge in [0.1, 0.15) is 5.39 Å². The van der Waals surface area contributed by atoms with Crippen molar-refractivity contribution in [2.75, 3.05) is 6.26 Å². The van der Waals surface area contributed by atoms with E-state index in [0.717, 1.165) is 25.2 Å². The lowest BCUT2D eigenvalue weighted by Gasteiger charge is -2.14. The van der Waals surface area contributed by atoms with E-state index in [-0.39, 0.29) is 5.56 Å². The van der Waals surface area contributed by atoms with Gasteiger partial charge in [0, 0.05) is 24.4 Å². The van der Waals surface area contributed by atoms with Crippen LogP contribution in [0.2, 0.25) is 0 Å². The third-order valence-electron chi connectivity index (χ3n) is 5.82. The van der Waals surface area contributed by atoms with E-state index in [0.29, 0.717) is 28.0 Å². The Morgan fingerprint density at radius 1 is 1.22 bits per heavy atom. The second-order valence-electron chi connectivity index (χ2n) is 7.59. The second-order valence-corrected chi connectivity index (χ2v) is 8.37. The van der Waals surface area contributed by atoms with Crippen molar-refractivity contribution in [2.45, 2.75) is 56.6 Å². The Labute approximate surface area is 162 Å². The van der Waals surface area contributed by atoms with Crippen molar-refractivity contribution in [2.24, 2.45) is 5.92 Å². The predicted molar refractivity (Wildman–Crippen MR) is 107 cm³/mol. The molecule has 0 aliphatic heterocycles. The lowest BCUT2D eigenvalue weighted by molar-refractivity contribution is 0.500. The van der Waals surface area contributed by atoms with E-state index in [1.807, 2.05) is 21.7 Å². The van der Waals surface area contributed by atoms with Crippen LogP contribution < -0.4 is 5.56 Å². The summed E-state index contributed by atoms with van der Waals surface area (Å²) in [6.45, 7) is 2.94. The topological polar surface area (TPSA) is 65.6 Å². The van der Waals surface area contributed by atoms with Gasteiger partial charge in [0.05, 0.1) is 0 Å². The van der Waals surface area contributed by atoms with Crippen LogP contribution in [0.1, 0.15) is 49.8 Å². The molecule has 3 heterocycles. The molecular weight excluding hydrogens is 358 g/mol. The number of rotatable bonds is 5. The first-order chi connectivity index (χ1) is 13.2. The first kappa shape index (κ1) is 17.0. The molecule has 0 radical (unpaired) electrons. The number of nitrogens with zero attached hydrogens (tertiary/aromatic N) is 5. The maximum Gasteiger partial charge on any atom is 0.278 e. The molecule has 1 atom stereocenters. The Morgan fingerprint density at radius 3 is 2.81 bits per heavy atom. The average Bonchev–Trinajstić information content (AvgIpc) is 3.36. The highest BCUT2D eigenvalue weighted by Gasteiger charge is 2.28. The van der Waals surface area contributed by atoms with Crippen LogP contribution in [-0.2, 0) is 13.0 Å². The molecule has 2 aliphatic rings. The smallest absolute Gasteiger partial charge is 0.267 e. The number of hydrogen-bond acceptors (Lipinski definition) is 5. The summed E-state index contributed by atoms with van der Waals surface area (Å²) in [5, 5.41) is 1.25. The highest BCUT2D eigenvalue weighted by Crippen LogP contribution is 2.35. The van der Waals surface area contributed by atoms with E-state index in [9.17, 15) is 4.79 Å². The fourth-order valence-electron chi connectivity index (χ4n) is 4.09. The Bertz CT molecular complexity index is 1080. The molecule has 0 saturated heterocycles. The van der Waals surface area contributed by atoms with Gasteiger partial charge in [0.2, 0.25) is 0 Å². The molecule has 27 heavy (non-hydrogen) atoms. The number of thioether (sulfide) groups is 1. The quantitative estimate of drug-likeness (QED) is 0.499. The second kappa shape index (κ2) is 6.48. The van der Waals surface area contributed by atoms with Gasteiger partial charge in [-0.05, 0) is 55.9 Å². The van der Waals surface area contributed by atoms with Gasteiger partial charge in [-0.15, -0.1) is 0 Å². The lowest BCUT2D eigenvalue weighted by Crippen LogP contribution is -2.24. The summed E-state index contributed by atoms with van der Waals surface area (Å²) in [6.07, 6.45) is 9.35. The molecule has 5 rings (SSSR count). The van der Waals surface area contributed by atoms with Crippen molar-refractivity contribution >= 4 is 22.8 Å². The first-order valence-electron chi connectivity index (χ1n) is 9.72. The van der Waals surface area contributed by atoms with Crippen LogP contribution in [0.3, 0.4) is 0 Å². The normalized spacial score (nSPS) is 19.0. The molecule has 0 amide bonds. The molecule has 1 fully saturated rings. The molecule has 0 spiro atoms. The molecule has 0 bridgehead atoms. The highest BCUT2D eigenvalue weighted by molar-refractivity contribution is 7.98. The summed E-state index contributed by atoms with van der Waals surface area (Å²) in [6, 6.07) is 4.22. The van der Waals surface area contributed by atoms with Gasteiger partial charge in [0.15, 0.2) is 16.6 Å². The van der Waals surface area contributed by atoms with Crippen molar-refractivity contribution in [3.63, 3.8) is 0 Å². The van der Waals surface area contributed by atoms with Crippen molar-refractivity contribution < 1.29 is 0 Å². The number of pyridine rings is 1. The van der Waals surface area contributed by atoms with Crippen LogP contribution in [-0.4, -0.2) is 30.6 Å². The van der Waals surface area contributed by atoms with E-state index < -0.39 is 0 Å². The van der Waals surface area contributed by atoms with E-state index in [1.54, 1.807) is 6.20 Å². The maximum atomic E-state index is 13.1. The number of aromatic nitrogens is 5. The van der Waals surface area contributed by atoms with E-state index in [2.05, 4.69) is 23.0 Å². The molecule has 2 aliphatic carbocycles. The Hall–Kier alpha value is -2.15. The predicted octanol–water partition coefficient (Wildman–Crippen LogP) is 3.55. The summed E-state index contributed by atoms with van der Waals surface area (Å²) in [5.41, 5.74) is 3.19. The Balaban J connectivity index is 1.75. The average molecular weight is 382 g/mol. The molecule has 7 heteroatoms. The fraction of sp³-hybridized carbons (Fsp3) is 0.500. The van der Waals surface area contributed by atoms with Crippen LogP contribution in [0, 0.1) is 5.92 Å². The SMILES string of the molecule is CC[C@H]1CCc2ccc(-n3c4nc(SC)ncc4c(=O)n3CC3CC3)nc21. The molecule has 0 aromatic carbocycles. The lowest BCUT2D eigenvalue weighted by atomic mass is 10.0. The summed E-state index contributed by atoms with van der Waals surface area (Å²) in [4.78, 5) is 27.1. The maximum absolute atomic E-state index is 13.1. The minimum absolute atomic E-state index is 0.0149. The van der Waals surface area contributed by atoms with Crippen molar-refractivity contribution in [3.05, 3.63) is 39.9 Å². The van der Waals surface area contributed by atoms with Gasteiger partial charge in [0.25, 0.3) is 5.56 Å². The fourth-order valence-corrected chi connectivity index (χ4v) is 4.43. The van der Waals surface area contributed by atoms with Gasteiger partial charge in [-0.1, -0.05) is 24.8 Å². The molecule has 0 N–H and O–H groups in total. The molecule has 3 aromatic heterocycles. The molecular formula is C20H23N5OS. The molecule has 0 unspecified atom stereocenters. The zero-order chi connectivity index (χ0) is 18.5. The zero-order valence-corrected chi connectivity index (χ0v) is 16.5. The number of fused-ring (bicyclic) bond motifs is 2. The molecule has 6 nitrogen and oxygen atoms in total. The monoisotopic (exact) mass is 381 g/mol. The van der Waals surface area contributed by atoms with Gasteiger partial charge in [-0.2, -0.15) is 0 Å². The summed E-state index contributed by atoms with van der Waals surface area (Å²) in [5.74, 6) is 1.89. The standard InChI is InChI=1S/C20H23N5OS/c1-3-13-6-7-14-8-9-16(22-17(13)14)25-18-15(10-21-20(23-18)27-2)19(26)24(25)11-12-4-5-12/h8-10,12-13H,3-7,11H2,1-2H3/t13-/m0/s1. The largest absolute Gasteiger partial charge is 0.278 e. The molecule has 140 valence electrons. The molecule has 3 aromatic rings. The highest BCUT2D eigenvalue weighted by atomic mass is 32.2. The van der Waals surface area contributed by atoms with Gasteiger partial charge in [-0.25, -0.2) is 24.3 Å². The van der Waals surface area contributed by atoms with Crippen molar-refractivity contribution in [1.82, 2.24) is 24.3 Å². The first-order valence-corrected chi connectivity index (χ1v) is 10.9. The third kappa shape index (κ3) is 2.79. The number of hydrogen-bond donors (Lipinski definition) is 0. The Kier molecular flexibility index (Phi) is 4.07. The number of aryl methyl sites for hydroxylation is 1. The minimum atomic E-state index is -0.0149. The van der Waals surface area contributed by atoms with Crippen molar-refractivity contribution in [3.8, 4) is 5.82 Å².